The van der Waals surface area contributed by atoms with E-state index in [1.54, 1.807) is 4.68 Å². The van der Waals surface area contributed by atoms with Gasteiger partial charge < -0.3 is 15.2 Å². The third kappa shape index (κ3) is 6.23. The number of aromatic nitrogens is 3. The summed E-state index contributed by atoms with van der Waals surface area (Å²) in [4.78, 5) is 11.8. The van der Waals surface area contributed by atoms with Gasteiger partial charge in [0.15, 0.2) is 5.88 Å². The van der Waals surface area contributed by atoms with Gasteiger partial charge in [0.05, 0.1) is 34.8 Å². The maximum atomic E-state index is 6.46. The topological polar surface area (TPSA) is 90.8 Å². The summed E-state index contributed by atoms with van der Waals surface area (Å²) < 4.78 is 14.0. The van der Waals surface area contributed by atoms with Gasteiger partial charge >= 0.3 is 0 Å². The summed E-state index contributed by atoms with van der Waals surface area (Å²) >= 11 is 0. The van der Waals surface area contributed by atoms with Gasteiger partial charge in [-0.3, -0.25) is 14.9 Å². The van der Waals surface area contributed by atoms with Gasteiger partial charge in [0.25, 0.3) is 0 Å². The first-order chi connectivity index (χ1) is 17.0. The second kappa shape index (κ2) is 11.6. The Bertz CT molecular complexity index is 1200. The molecular weight excluding hydrogens is 452 g/mol. The van der Waals surface area contributed by atoms with Gasteiger partial charge in [-0.1, -0.05) is 12.7 Å². The van der Waals surface area contributed by atoms with E-state index in [9.17, 15) is 0 Å². The van der Waals surface area contributed by atoms with Crippen molar-refractivity contribution in [3.63, 3.8) is 0 Å². The predicted molar refractivity (Wildman–Crippen MR) is 147 cm³/mol. The summed E-state index contributed by atoms with van der Waals surface area (Å²) in [6, 6.07) is 2.14. The Balaban J connectivity index is 2.23. The van der Waals surface area contributed by atoms with Crippen molar-refractivity contribution in [3.05, 3.63) is 59.3 Å². The van der Waals surface area contributed by atoms with E-state index in [0.717, 1.165) is 44.9 Å². The maximum Gasteiger partial charge on any atom is 0.221 e. The number of fused-ring (bicyclic) bond motifs is 4. The van der Waals surface area contributed by atoms with Crippen molar-refractivity contribution < 1.29 is 9.47 Å². The molecule has 3 rings (SSSR count). The fourth-order valence-electron chi connectivity index (χ4n) is 4.40. The van der Waals surface area contributed by atoms with E-state index in [1.165, 1.54) is 0 Å². The normalized spacial score (nSPS) is 21.0. The number of rotatable bonds is 3. The van der Waals surface area contributed by atoms with Crippen LogP contribution in [-0.2, 0) is 11.8 Å². The van der Waals surface area contributed by atoms with Crippen LogP contribution in [0.1, 0.15) is 44.5 Å². The second-order valence-electron chi connectivity index (χ2n) is 9.64. The van der Waals surface area contributed by atoms with Crippen LogP contribution < -0.4 is 10.5 Å². The van der Waals surface area contributed by atoms with E-state index in [0.29, 0.717) is 31.5 Å². The third-order valence-electron chi connectivity index (χ3n) is 5.92. The van der Waals surface area contributed by atoms with Gasteiger partial charge in [-0.2, -0.15) is 5.10 Å². The van der Waals surface area contributed by atoms with Crippen LogP contribution >= 0.6 is 0 Å². The van der Waals surface area contributed by atoms with Crippen LogP contribution in [0.2, 0.25) is 0 Å². The lowest BCUT2D eigenvalue weighted by Crippen LogP contribution is -2.36. The molecular formula is C28H40N6O2. The minimum absolute atomic E-state index is 0.0927. The molecule has 0 radical (unpaired) electrons. The number of hydrogen-bond donors (Lipinski definition) is 1. The average molecular weight is 493 g/mol. The Hall–Kier alpha value is -3.39. The van der Waals surface area contributed by atoms with Gasteiger partial charge in [-0.05, 0) is 77.4 Å². The smallest absolute Gasteiger partial charge is 0.221 e. The van der Waals surface area contributed by atoms with Crippen LogP contribution in [0.4, 0.5) is 0 Å². The molecule has 0 saturated heterocycles. The first kappa shape index (κ1) is 27.2. The number of likely N-dealkylation sites (N-methyl/N-ethyl adjacent to an activating group) is 1. The van der Waals surface area contributed by atoms with Crippen LogP contribution in [0.15, 0.2) is 47.4 Å². The number of aliphatic imine (C=N–C) groups is 1. The Morgan fingerprint density at radius 3 is 2.69 bits per heavy atom. The van der Waals surface area contributed by atoms with E-state index >= 15 is 0 Å². The quantitative estimate of drug-likeness (QED) is 0.637. The molecule has 0 saturated carbocycles. The molecule has 36 heavy (non-hydrogen) atoms. The molecule has 0 aliphatic carbocycles. The number of pyridine rings is 1. The molecule has 2 aromatic rings. The SMILES string of the molecule is C=C1/C=C/C(=C(/N)OCC)C(=NC(C)C)CN(C)CC(C)Oc2c(c(C)nn2C)-c2cc1c(C)cn2. The van der Waals surface area contributed by atoms with E-state index in [-0.39, 0.29) is 12.1 Å². The molecule has 0 fully saturated rings. The molecule has 8 nitrogen and oxygen atoms in total. The Morgan fingerprint density at radius 1 is 1.31 bits per heavy atom. The van der Waals surface area contributed by atoms with Crippen LogP contribution in [0.3, 0.4) is 0 Å². The summed E-state index contributed by atoms with van der Waals surface area (Å²) in [7, 11) is 3.95. The van der Waals surface area contributed by atoms with Crippen molar-refractivity contribution in [2.75, 3.05) is 26.7 Å². The van der Waals surface area contributed by atoms with Crippen molar-refractivity contribution in [3.8, 4) is 17.1 Å². The number of nitrogens with zero attached hydrogens (tertiary/aromatic N) is 5. The van der Waals surface area contributed by atoms with Crippen molar-refractivity contribution in [2.45, 2.75) is 53.7 Å². The van der Waals surface area contributed by atoms with Crippen LogP contribution in [0.25, 0.3) is 16.8 Å². The standard InChI is InChI=1S/C28H40N6O2/c1-10-35-27(29)22-12-11-18(4)23-13-24(30-14-19(23)5)26-21(7)32-34(9)28(26)36-20(6)15-33(8)16-25(22)31-17(2)3/h11-14,17,20H,4,10,15-16,29H2,1-3,5-9H3/b12-11+,27-22+,31-25?. The van der Waals surface area contributed by atoms with Gasteiger partial charge in [-0.25, -0.2) is 4.68 Å². The highest BCUT2D eigenvalue weighted by molar-refractivity contribution is 6.05. The molecule has 1 aliphatic heterocycles. The van der Waals surface area contributed by atoms with Crippen molar-refractivity contribution in [1.29, 1.82) is 0 Å². The molecule has 2 aromatic heterocycles. The number of aryl methyl sites for hydroxylation is 3. The lowest BCUT2D eigenvalue weighted by atomic mass is 9.99. The van der Waals surface area contributed by atoms with E-state index in [1.807, 2.05) is 59.3 Å². The van der Waals surface area contributed by atoms with Gasteiger partial charge in [-0.15, -0.1) is 0 Å². The first-order valence-electron chi connectivity index (χ1n) is 12.4. The molecule has 2 bridgehead atoms. The maximum absolute atomic E-state index is 6.46. The fraction of sp³-hybridized carbons (Fsp3) is 0.464. The summed E-state index contributed by atoms with van der Waals surface area (Å²) in [5, 5.41) is 4.62. The van der Waals surface area contributed by atoms with Gasteiger partial charge in [0.2, 0.25) is 5.88 Å². The Kier molecular flexibility index (Phi) is 8.74. The fourth-order valence-corrected chi connectivity index (χ4v) is 4.40. The van der Waals surface area contributed by atoms with Crippen LogP contribution in [-0.4, -0.2) is 64.3 Å². The molecule has 3 heterocycles. The number of ether oxygens (including phenoxy) is 2. The predicted octanol–water partition coefficient (Wildman–Crippen LogP) is 4.44. The highest BCUT2D eigenvalue weighted by atomic mass is 16.5. The van der Waals surface area contributed by atoms with Crippen molar-refractivity contribution in [2.24, 2.45) is 17.8 Å². The van der Waals surface area contributed by atoms with Gasteiger partial charge in [0.1, 0.15) is 6.10 Å². The summed E-state index contributed by atoms with van der Waals surface area (Å²) in [5.74, 6) is 1.05. The highest BCUT2D eigenvalue weighted by Gasteiger charge is 2.23. The Morgan fingerprint density at radius 2 is 2.03 bits per heavy atom. The molecule has 194 valence electrons. The first-order valence-corrected chi connectivity index (χ1v) is 12.4. The minimum Gasteiger partial charge on any atom is -0.479 e. The van der Waals surface area contributed by atoms with Gasteiger partial charge in [0, 0.05) is 32.4 Å². The average Bonchev–Trinajstić information content (AvgIpc) is 3.05. The second-order valence-corrected chi connectivity index (χ2v) is 9.64. The van der Waals surface area contributed by atoms with E-state index in [4.69, 9.17) is 25.2 Å². The molecule has 1 unspecified atom stereocenters. The molecule has 0 aromatic carbocycles. The van der Waals surface area contributed by atoms with Crippen molar-refractivity contribution in [1.82, 2.24) is 19.7 Å². The molecule has 8 heteroatoms. The molecule has 0 spiro atoms. The zero-order valence-corrected chi connectivity index (χ0v) is 22.9. The number of hydrogen-bond acceptors (Lipinski definition) is 7. The lowest BCUT2D eigenvalue weighted by molar-refractivity contribution is 0.159. The summed E-state index contributed by atoms with van der Waals surface area (Å²) in [5.41, 5.74) is 13.4. The molecule has 2 N–H and O–H groups in total. The summed E-state index contributed by atoms with van der Waals surface area (Å²) in [6.07, 6.45) is 5.69. The zero-order chi connectivity index (χ0) is 26.6. The zero-order valence-electron chi connectivity index (χ0n) is 22.9. The molecule has 1 atom stereocenters. The lowest BCUT2D eigenvalue weighted by Gasteiger charge is -2.24. The summed E-state index contributed by atoms with van der Waals surface area (Å²) in [6.45, 7) is 18.2. The largest absolute Gasteiger partial charge is 0.479 e. The molecule has 1 aliphatic rings. The van der Waals surface area contributed by atoms with Crippen LogP contribution in [0, 0.1) is 13.8 Å². The minimum atomic E-state index is -0.110. The van der Waals surface area contributed by atoms with E-state index in [2.05, 4.69) is 37.3 Å². The monoisotopic (exact) mass is 492 g/mol. The number of allylic oxidation sites excluding steroid dienone is 3. The van der Waals surface area contributed by atoms with Crippen LogP contribution in [0.5, 0.6) is 5.88 Å². The van der Waals surface area contributed by atoms with Crippen molar-refractivity contribution >= 4 is 11.3 Å². The third-order valence-corrected chi connectivity index (χ3v) is 5.92. The Labute approximate surface area is 215 Å². The highest BCUT2D eigenvalue weighted by Crippen LogP contribution is 2.34. The number of nitrogens with two attached hydrogens (primary N) is 1. The molecule has 0 amide bonds. The van der Waals surface area contributed by atoms with E-state index < -0.39 is 0 Å².